The van der Waals surface area contributed by atoms with Gasteiger partial charge in [0.15, 0.2) is 0 Å². The maximum Gasteiger partial charge on any atom is 0.528 e. The molecule has 0 spiro atoms. The van der Waals surface area contributed by atoms with E-state index in [9.17, 15) is 19.7 Å². The van der Waals surface area contributed by atoms with Crippen molar-refractivity contribution in [2.75, 3.05) is 80.6 Å². The molecule has 14 heteroatoms. The Kier molecular flexibility index (Phi) is 91.3. The predicted octanol–water partition coefficient (Wildman–Crippen LogP) is 30.8. The molecule has 1 rings (SSSR count). The smallest absolute Gasteiger partial charge is 0.431 e. The first-order valence-corrected chi connectivity index (χ1v) is 48.4. The lowest BCUT2D eigenvalue weighted by Crippen LogP contribution is -2.35. The Balaban J connectivity index is 0. The quantitative estimate of drug-likeness (QED) is 0.0165. The number of aliphatic hydroxyl groups excluding tert-OH is 1. The van der Waals surface area contributed by atoms with Crippen molar-refractivity contribution in [2.45, 2.75) is 426 Å². The van der Waals surface area contributed by atoms with Crippen LogP contribution < -0.4 is 4.74 Å². The molecule has 0 aliphatic rings. The van der Waals surface area contributed by atoms with Gasteiger partial charge in [-0.1, -0.05) is 319 Å². The number of nitrogens with zero attached hydrogens (tertiary/aromatic N) is 5. The van der Waals surface area contributed by atoms with Crippen molar-refractivity contribution < 1.29 is 38.7 Å². The van der Waals surface area contributed by atoms with Gasteiger partial charge in [0.2, 0.25) is 0 Å². The molecule has 0 amide bonds. The zero-order valence-corrected chi connectivity index (χ0v) is 77.3. The maximum atomic E-state index is 12.9. The van der Waals surface area contributed by atoms with E-state index < -0.39 is 17.2 Å². The number of ether oxygens (including phenoxy) is 3. The SMILES string of the molecule is CCCCC/C=C\C/C=C\CCCCCCCCC(CCCCCCCC/C=C\C/C=C\CCCCC)OC(=O)ON(CCCC)CCN(C)C.CCCCC/C=C\C/C=C\CCCCCCCCC(CCCCCCCC/C=C\C/C=C\CCCCC)OC(=O)Oc1ccc([N+](=O)[O-])cc1.CCCCCCN(CCO)CCN(C)C. The summed E-state index contributed by atoms with van der Waals surface area (Å²) in [5.74, 6) is 0.252. The highest BCUT2D eigenvalue weighted by atomic mass is 16.8. The molecule has 0 fully saturated rings. The lowest BCUT2D eigenvalue weighted by atomic mass is 10.0. The minimum Gasteiger partial charge on any atom is -0.431 e. The van der Waals surface area contributed by atoms with E-state index in [-0.39, 0.29) is 30.3 Å². The molecule has 0 saturated carbocycles. The second-order valence-corrected chi connectivity index (χ2v) is 32.9. The number of unbranched alkanes of at least 4 members (excludes halogenated alkanes) is 40. The normalized spacial score (nSPS) is 12.1. The molecule has 0 unspecified atom stereocenters. The first-order chi connectivity index (χ1) is 56.8. The number of hydroxylamine groups is 2. The fourth-order valence-corrected chi connectivity index (χ4v) is 13.6. The van der Waals surface area contributed by atoms with Gasteiger partial charge in [-0.3, -0.25) is 15.0 Å². The van der Waals surface area contributed by atoms with E-state index in [4.69, 9.17) is 24.2 Å². The molecule has 1 N–H and O–H groups in total. The van der Waals surface area contributed by atoms with E-state index in [1.54, 1.807) is 5.06 Å². The molecule has 1 aromatic rings. The number of nitro benzene ring substituents is 1. The number of non-ortho nitro benzene ring substituents is 1. The van der Waals surface area contributed by atoms with Crippen LogP contribution in [-0.2, 0) is 14.3 Å². The highest BCUT2D eigenvalue weighted by molar-refractivity contribution is 5.64. The van der Waals surface area contributed by atoms with Crippen molar-refractivity contribution in [3.8, 4) is 5.75 Å². The molecular weight excluding hydrogens is 1440 g/mol. The van der Waals surface area contributed by atoms with E-state index in [1.165, 1.54) is 281 Å². The molecule has 0 saturated heterocycles. The number of carbonyl (C=O) groups excluding carboxylic acids is 2. The van der Waals surface area contributed by atoms with Crippen molar-refractivity contribution in [2.24, 2.45) is 0 Å². The van der Waals surface area contributed by atoms with Crippen LogP contribution in [0.4, 0.5) is 15.3 Å². The first kappa shape index (κ1) is 113. The molecule has 0 radical (unpaired) electrons. The third kappa shape index (κ3) is 88.2. The van der Waals surface area contributed by atoms with Crippen LogP contribution in [0.3, 0.4) is 0 Å². The molecular formula is C102H185N5O9. The Morgan fingerprint density at radius 2 is 0.621 bits per heavy atom. The zero-order valence-electron chi connectivity index (χ0n) is 77.3. The summed E-state index contributed by atoms with van der Waals surface area (Å²) in [5.41, 5.74) is -0.0432. The Hall–Kier alpha value is -5.12. The highest BCUT2D eigenvalue weighted by Gasteiger charge is 2.20. The van der Waals surface area contributed by atoms with Gasteiger partial charge >= 0.3 is 12.3 Å². The third-order valence-corrected chi connectivity index (χ3v) is 21.1. The summed E-state index contributed by atoms with van der Waals surface area (Å²) >= 11 is 0. The van der Waals surface area contributed by atoms with Crippen LogP contribution in [0.1, 0.15) is 414 Å². The Morgan fingerprint density at radius 1 is 0.336 bits per heavy atom. The summed E-state index contributed by atoms with van der Waals surface area (Å²) in [6.45, 7) is 20.1. The Labute approximate surface area is 716 Å². The molecule has 0 bridgehead atoms. The minimum absolute atomic E-state index is 0.0432. The van der Waals surface area contributed by atoms with E-state index in [2.05, 4.69) is 168 Å². The van der Waals surface area contributed by atoms with Crippen LogP contribution in [-0.4, -0.2) is 135 Å². The van der Waals surface area contributed by atoms with Crippen LogP contribution in [0.25, 0.3) is 0 Å². The van der Waals surface area contributed by atoms with Crippen LogP contribution in [0.15, 0.2) is 121 Å². The second-order valence-electron chi connectivity index (χ2n) is 32.9. The molecule has 0 aliphatic heterocycles. The van der Waals surface area contributed by atoms with Gasteiger partial charge in [0.25, 0.3) is 5.69 Å². The molecule has 672 valence electrons. The van der Waals surface area contributed by atoms with Gasteiger partial charge < -0.3 is 34.0 Å². The van der Waals surface area contributed by atoms with E-state index in [0.29, 0.717) is 6.54 Å². The molecule has 14 nitrogen and oxygen atoms in total. The summed E-state index contributed by atoms with van der Waals surface area (Å²) in [5, 5.41) is 21.7. The summed E-state index contributed by atoms with van der Waals surface area (Å²) in [6.07, 6.45) is 105. The monoisotopic (exact) mass is 1620 g/mol. The van der Waals surface area contributed by atoms with Crippen molar-refractivity contribution in [1.82, 2.24) is 19.8 Å². The number of rotatable bonds is 81. The van der Waals surface area contributed by atoms with Gasteiger partial charge in [-0.25, -0.2) is 9.59 Å². The predicted molar refractivity (Wildman–Crippen MR) is 503 cm³/mol. The lowest BCUT2D eigenvalue weighted by molar-refractivity contribution is -0.384. The van der Waals surface area contributed by atoms with Gasteiger partial charge in [0.1, 0.15) is 18.0 Å². The second kappa shape index (κ2) is 93.7. The number of allylic oxidation sites excluding steroid dienone is 16. The highest BCUT2D eigenvalue weighted by Crippen LogP contribution is 2.23. The van der Waals surface area contributed by atoms with Crippen LogP contribution in [0.2, 0.25) is 0 Å². The van der Waals surface area contributed by atoms with Gasteiger partial charge in [-0.05, 0) is 239 Å². The minimum atomic E-state index is -0.732. The summed E-state index contributed by atoms with van der Waals surface area (Å²) < 4.78 is 17.1. The number of hydrogen-bond donors (Lipinski definition) is 1. The number of likely N-dealkylation sites (N-methyl/N-ethyl adjacent to an activating group) is 2. The number of carbonyl (C=O) groups is 2. The number of hydrogen-bond acceptors (Lipinski definition) is 13. The number of benzene rings is 1. The standard InChI is InChI=1S/C46H86N2O3.C44H71NO5.C12H28N2O/c1-6-9-12-14-16-18-20-22-24-26-28-30-32-34-36-38-40-45(50-46(49)51-48(42-11-8-3)44-43-47(4)5)41-39-37-35-33-31-29-27-25-23-21-19-17-15-13-10-7-2;1-3-5-7-9-11-13-15-17-19-21-23-25-27-29-31-33-35-42(49-44(46)50-43-39-37-41(38-40-43)45(47)48)36-34-32-30-28-26-24-22-20-18-16-14-12-10-8-6-4-2;1-4-5-6-7-8-14(11-12-15)10-9-13(2)3/h16-19,22-25,45H,6-15,20-21,26-44H2,1-5H3;11-14,17-20,37-40,42H,3-10,15-16,21-36H2,1-2H3;15H,4-12H2,1-3H3/b18-16-,19-17-,24-22-,25-23-;13-11-,14-12-,19-17-,20-18-;. The van der Waals surface area contributed by atoms with Crippen molar-refractivity contribution in [3.63, 3.8) is 0 Å². The van der Waals surface area contributed by atoms with E-state index >= 15 is 0 Å². The van der Waals surface area contributed by atoms with Crippen molar-refractivity contribution >= 4 is 18.0 Å². The zero-order chi connectivity index (χ0) is 85.0. The summed E-state index contributed by atoms with van der Waals surface area (Å²) in [6, 6.07) is 5.52. The molecule has 0 aliphatic carbocycles. The van der Waals surface area contributed by atoms with Gasteiger partial charge in [0.05, 0.1) is 11.5 Å². The van der Waals surface area contributed by atoms with Gasteiger partial charge in [-0.15, -0.1) is 5.06 Å². The summed E-state index contributed by atoms with van der Waals surface area (Å²) in [7, 11) is 8.28. The first-order valence-electron chi connectivity index (χ1n) is 48.4. The molecule has 0 heterocycles. The molecule has 0 atom stereocenters. The van der Waals surface area contributed by atoms with Crippen molar-refractivity contribution in [1.29, 1.82) is 0 Å². The average molecular weight is 1630 g/mol. The molecule has 116 heavy (non-hydrogen) atoms. The number of aliphatic hydroxyl groups is 1. The lowest BCUT2D eigenvalue weighted by Gasteiger charge is -2.24. The van der Waals surface area contributed by atoms with Crippen molar-refractivity contribution in [3.05, 3.63) is 132 Å². The van der Waals surface area contributed by atoms with Gasteiger partial charge in [-0.2, -0.15) is 0 Å². The molecule has 0 aromatic heterocycles. The van der Waals surface area contributed by atoms with Crippen LogP contribution in [0.5, 0.6) is 5.75 Å². The summed E-state index contributed by atoms with van der Waals surface area (Å²) in [4.78, 5) is 48.3. The Morgan fingerprint density at radius 3 is 0.931 bits per heavy atom. The topological polar surface area (TPSA) is 147 Å². The largest absolute Gasteiger partial charge is 0.528 e. The Bertz CT molecular complexity index is 2380. The molecule has 1 aromatic carbocycles. The van der Waals surface area contributed by atoms with Crippen LogP contribution >= 0.6 is 0 Å². The fraction of sp³-hybridized carbons (Fsp3) is 0.765. The maximum absolute atomic E-state index is 12.9. The van der Waals surface area contributed by atoms with Crippen LogP contribution in [0, 0.1) is 10.1 Å². The van der Waals surface area contributed by atoms with Gasteiger partial charge in [0, 0.05) is 51.4 Å². The van der Waals surface area contributed by atoms with E-state index in [1.807, 2.05) is 14.1 Å². The third-order valence-electron chi connectivity index (χ3n) is 21.1. The fourth-order valence-electron chi connectivity index (χ4n) is 13.6. The van der Waals surface area contributed by atoms with E-state index in [0.717, 1.165) is 155 Å². The average Bonchev–Trinajstić information content (AvgIpc) is 0.880. The number of nitro groups is 1.